The van der Waals surface area contributed by atoms with Crippen molar-refractivity contribution < 1.29 is 23.4 Å². The Morgan fingerprint density at radius 1 is 1.57 bits per heavy atom. The molecule has 1 atom stereocenters. The Morgan fingerprint density at radius 3 is 2.21 bits per heavy atom. The highest BCUT2D eigenvalue weighted by molar-refractivity contribution is 5.80. The molecule has 1 fully saturated rings. The lowest BCUT2D eigenvalue weighted by atomic mass is 9.90. The van der Waals surface area contributed by atoms with E-state index in [2.05, 4.69) is 0 Å². The maximum atomic E-state index is 12.9. The molecule has 0 bridgehead atoms. The second-order valence-corrected chi connectivity index (χ2v) is 4.41. The third-order valence-corrected chi connectivity index (χ3v) is 2.79. The molecule has 0 spiro atoms. The van der Waals surface area contributed by atoms with E-state index in [1.807, 2.05) is 0 Å². The third kappa shape index (κ3) is 1.61. The normalized spacial score (nSPS) is 30.1. The summed E-state index contributed by atoms with van der Waals surface area (Å²) in [4.78, 5) is 10.8. The van der Waals surface area contributed by atoms with Crippen molar-refractivity contribution in [2.24, 2.45) is 5.41 Å². The molecule has 0 aromatic heterocycles. The summed E-state index contributed by atoms with van der Waals surface area (Å²) in [7, 11) is 1.38. The largest absolute Gasteiger partial charge is 0.481 e. The van der Waals surface area contributed by atoms with E-state index in [4.69, 9.17) is 9.84 Å². The van der Waals surface area contributed by atoms with Gasteiger partial charge in [-0.25, -0.2) is 8.78 Å². The van der Waals surface area contributed by atoms with Crippen molar-refractivity contribution in [2.75, 3.05) is 7.11 Å². The van der Waals surface area contributed by atoms with Gasteiger partial charge < -0.3 is 9.84 Å². The van der Waals surface area contributed by atoms with Crippen molar-refractivity contribution in [2.45, 2.75) is 38.2 Å². The second-order valence-electron chi connectivity index (χ2n) is 4.41. The molecule has 3 nitrogen and oxygen atoms in total. The highest BCUT2D eigenvalue weighted by Crippen LogP contribution is 2.64. The maximum Gasteiger partial charge on any atom is 0.316 e. The summed E-state index contributed by atoms with van der Waals surface area (Å²) in [6.07, 6.45) is -0.749. The van der Waals surface area contributed by atoms with Gasteiger partial charge in [-0.15, -0.1) is 0 Å². The second kappa shape index (κ2) is 2.89. The summed E-state index contributed by atoms with van der Waals surface area (Å²) >= 11 is 0. The Kier molecular flexibility index (Phi) is 2.34. The van der Waals surface area contributed by atoms with Crippen LogP contribution in [-0.4, -0.2) is 29.7 Å². The van der Waals surface area contributed by atoms with Crippen LogP contribution in [0, 0.1) is 5.41 Å². The molecule has 1 aliphatic carbocycles. The smallest absolute Gasteiger partial charge is 0.316 e. The van der Waals surface area contributed by atoms with E-state index in [0.717, 1.165) is 0 Å². The number of alkyl halides is 2. The number of hydrogen-bond donors (Lipinski definition) is 1. The van der Waals surface area contributed by atoms with Crippen molar-refractivity contribution in [3.63, 3.8) is 0 Å². The number of carboxylic acids is 1. The van der Waals surface area contributed by atoms with Gasteiger partial charge in [0.05, 0.1) is 5.60 Å². The summed E-state index contributed by atoms with van der Waals surface area (Å²) < 4.78 is 30.8. The summed E-state index contributed by atoms with van der Waals surface area (Å²) in [5.74, 6) is -4.53. The summed E-state index contributed by atoms with van der Waals surface area (Å²) in [5.41, 5.74) is -2.75. The van der Waals surface area contributed by atoms with Crippen molar-refractivity contribution in [3.8, 4) is 0 Å². The molecule has 1 saturated carbocycles. The van der Waals surface area contributed by atoms with Gasteiger partial charge in [0, 0.05) is 13.5 Å². The minimum atomic E-state index is -3.09. The van der Waals surface area contributed by atoms with Gasteiger partial charge in [-0.3, -0.25) is 4.79 Å². The SMILES string of the molecule is COC(C)(C)CC1(C(=O)O)CC1(F)F. The van der Waals surface area contributed by atoms with Crippen LogP contribution in [0.15, 0.2) is 0 Å². The molecule has 0 aromatic carbocycles. The number of aliphatic carboxylic acids is 1. The molecule has 0 aromatic rings. The number of carboxylic acid groups (broad SMARTS) is 1. The summed E-state index contributed by atoms with van der Waals surface area (Å²) in [6.45, 7) is 3.21. The number of carbonyl (C=O) groups is 1. The fourth-order valence-corrected chi connectivity index (χ4v) is 1.63. The Labute approximate surface area is 81.1 Å². The zero-order valence-electron chi connectivity index (χ0n) is 8.43. The Hall–Kier alpha value is -0.710. The molecule has 1 rings (SSSR count). The number of hydrogen-bond acceptors (Lipinski definition) is 2. The fraction of sp³-hybridized carbons (Fsp3) is 0.889. The molecule has 0 saturated heterocycles. The first-order valence-corrected chi connectivity index (χ1v) is 4.33. The van der Waals surface area contributed by atoms with Crippen molar-refractivity contribution in [3.05, 3.63) is 0 Å². The topological polar surface area (TPSA) is 46.5 Å². The highest BCUT2D eigenvalue weighted by Gasteiger charge is 2.77. The lowest BCUT2D eigenvalue weighted by Crippen LogP contribution is -2.34. The van der Waals surface area contributed by atoms with Crippen molar-refractivity contribution in [1.29, 1.82) is 0 Å². The maximum absolute atomic E-state index is 12.9. The van der Waals surface area contributed by atoms with E-state index < -0.39 is 29.3 Å². The average molecular weight is 208 g/mol. The van der Waals surface area contributed by atoms with E-state index in [0.29, 0.717) is 0 Å². The zero-order valence-corrected chi connectivity index (χ0v) is 8.43. The van der Waals surface area contributed by atoms with Crippen LogP contribution in [0.5, 0.6) is 0 Å². The molecule has 0 amide bonds. The standard InChI is InChI=1S/C9H14F2O3/c1-7(2,14-3)4-8(6(12)13)5-9(8,10)11/h4-5H2,1-3H3,(H,12,13). The van der Waals surface area contributed by atoms with Crippen LogP contribution >= 0.6 is 0 Å². The molecule has 5 heteroatoms. The zero-order chi connectivity index (χ0) is 11.2. The van der Waals surface area contributed by atoms with Crippen LogP contribution in [0.3, 0.4) is 0 Å². The molecule has 0 heterocycles. The summed E-state index contributed by atoms with van der Waals surface area (Å²) in [6, 6.07) is 0. The molecule has 82 valence electrons. The van der Waals surface area contributed by atoms with Crippen LogP contribution in [-0.2, 0) is 9.53 Å². The predicted molar refractivity (Wildman–Crippen MR) is 45.3 cm³/mol. The minimum Gasteiger partial charge on any atom is -0.481 e. The van der Waals surface area contributed by atoms with Gasteiger partial charge in [0.1, 0.15) is 5.41 Å². The molecule has 14 heavy (non-hydrogen) atoms. The lowest BCUT2D eigenvalue weighted by Gasteiger charge is -2.26. The Balaban J connectivity index is 2.80. The van der Waals surface area contributed by atoms with Gasteiger partial charge in [-0.2, -0.15) is 0 Å². The molecular weight excluding hydrogens is 194 g/mol. The minimum absolute atomic E-state index is 0.168. The monoisotopic (exact) mass is 208 g/mol. The van der Waals surface area contributed by atoms with Gasteiger partial charge in [-0.05, 0) is 20.3 Å². The molecular formula is C9H14F2O3. The van der Waals surface area contributed by atoms with E-state index in [9.17, 15) is 13.6 Å². The number of halogens is 2. The molecule has 1 aliphatic rings. The lowest BCUT2D eigenvalue weighted by molar-refractivity contribution is -0.151. The fourth-order valence-electron chi connectivity index (χ4n) is 1.63. The highest BCUT2D eigenvalue weighted by atomic mass is 19.3. The van der Waals surface area contributed by atoms with Gasteiger partial charge in [-0.1, -0.05) is 0 Å². The molecule has 0 radical (unpaired) electrons. The Bertz CT molecular complexity index is 263. The average Bonchev–Trinajstić information content (AvgIpc) is 2.54. The van der Waals surface area contributed by atoms with Gasteiger partial charge in [0.15, 0.2) is 0 Å². The quantitative estimate of drug-likeness (QED) is 0.767. The van der Waals surface area contributed by atoms with Crippen molar-refractivity contribution in [1.82, 2.24) is 0 Å². The van der Waals surface area contributed by atoms with Gasteiger partial charge in [0.25, 0.3) is 5.92 Å². The number of methoxy groups -OCH3 is 1. The Morgan fingerprint density at radius 2 is 2.00 bits per heavy atom. The van der Waals surface area contributed by atoms with Gasteiger partial charge >= 0.3 is 5.97 Å². The molecule has 1 N–H and O–H groups in total. The first kappa shape index (κ1) is 11.4. The first-order valence-electron chi connectivity index (χ1n) is 4.33. The first-order chi connectivity index (χ1) is 6.17. The molecule has 0 aliphatic heterocycles. The number of rotatable bonds is 4. The number of ether oxygens (including phenoxy) is 1. The van der Waals surface area contributed by atoms with E-state index >= 15 is 0 Å². The summed E-state index contributed by atoms with van der Waals surface area (Å²) in [5, 5.41) is 8.76. The van der Waals surface area contributed by atoms with Crippen LogP contribution in [0.2, 0.25) is 0 Å². The predicted octanol–water partition coefficient (Wildman–Crippen LogP) is 1.91. The van der Waals surface area contributed by atoms with Crippen LogP contribution in [0.1, 0.15) is 26.7 Å². The molecule has 1 unspecified atom stereocenters. The van der Waals surface area contributed by atoms with Crippen LogP contribution in [0.25, 0.3) is 0 Å². The van der Waals surface area contributed by atoms with Gasteiger partial charge in [0.2, 0.25) is 0 Å². The van der Waals surface area contributed by atoms with Crippen LogP contribution in [0.4, 0.5) is 8.78 Å². The van der Waals surface area contributed by atoms with E-state index in [1.165, 1.54) is 7.11 Å². The van der Waals surface area contributed by atoms with E-state index in [1.54, 1.807) is 13.8 Å². The van der Waals surface area contributed by atoms with Crippen molar-refractivity contribution >= 4 is 5.97 Å². The van der Waals surface area contributed by atoms with E-state index in [-0.39, 0.29) is 6.42 Å². The third-order valence-electron chi connectivity index (χ3n) is 2.79. The van der Waals surface area contributed by atoms with Crippen LogP contribution < -0.4 is 0 Å².